The highest BCUT2D eigenvalue weighted by atomic mass is 16.7. The number of amides is 1. The molecule has 7 heteroatoms. The van der Waals surface area contributed by atoms with Crippen LogP contribution in [0.5, 0.6) is 0 Å². The first-order valence-electron chi connectivity index (χ1n) is 21.6. The maximum atomic E-state index is 13.1. The van der Waals surface area contributed by atoms with Crippen LogP contribution in [0, 0.1) is 154 Å². The molecular formula is C61H47NO6. The van der Waals surface area contributed by atoms with Crippen molar-refractivity contribution < 1.29 is 28.8 Å². The van der Waals surface area contributed by atoms with E-state index in [4.69, 9.17) is 18.9 Å². The third-order valence-electron chi connectivity index (χ3n) is 9.75. The highest BCUT2D eigenvalue weighted by Crippen LogP contribution is 2.34. The Bertz CT molecular complexity index is 2960. The highest BCUT2D eigenvalue weighted by molar-refractivity contribution is 5.94. The third kappa shape index (κ3) is 21.8. The molecule has 7 nitrogen and oxygen atoms in total. The van der Waals surface area contributed by atoms with Gasteiger partial charge in [-0.15, -0.1) is 0 Å². The van der Waals surface area contributed by atoms with Crippen LogP contribution in [0.15, 0.2) is 103 Å². The van der Waals surface area contributed by atoms with Crippen LogP contribution in [0.3, 0.4) is 0 Å². The first-order chi connectivity index (χ1) is 33.4. The molecule has 1 aliphatic rings. The van der Waals surface area contributed by atoms with E-state index in [1.54, 1.807) is 13.0 Å². The largest absolute Gasteiger partial charge is 0.387 e. The van der Waals surface area contributed by atoms with E-state index in [1.807, 2.05) is 84.9 Å². The van der Waals surface area contributed by atoms with E-state index in [-0.39, 0.29) is 24.5 Å². The number of hydrogen-bond acceptors (Lipinski definition) is 6. The van der Waals surface area contributed by atoms with Crippen molar-refractivity contribution in [3.05, 3.63) is 120 Å². The molecule has 3 aromatic rings. The topological polar surface area (TPSA) is 86.3 Å². The van der Waals surface area contributed by atoms with E-state index in [9.17, 15) is 9.90 Å². The lowest BCUT2D eigenvalue weighted by molar-refractivity contribution is -0.291. The molecule has 2 N–H and O–H groups in total. The summed E-state index contributed by atoms with van der Waals surface area (Å²) >= 11 is 0. The number of aliphatic hydroxyl groups is 1. The van der Waals surface area contributed by atoms with Crippen LogP contribution in [0.4, 0.5) is 0 Å². The summed E-state index contributed by atoms with van der Waals surface area (Å²) in [5.74, 6) is 60.1. The fourth-order valence-corrected chi connectivity index (χ4v) is 6.12. The lowest BCUT2D eigenvalue weighted by Gasteiger charge is -2.44. The molecule has 0 radical (unpaired) electrons. The van der Waals surface area contributed by atoms with E-state index in [1.165, 1.54) is 5.56 Å². The molecule has 4 rings (SSSR count). The summed E-state index contributed by atoms with van der Waals surface area (Å²) in [6.45, 7) is 6.94. The lowest BCUT2D eigenvalue weighted by atomic mass is 9.83. The zero-order chi connectivity index (χ0) is 48.1. The molecule has 2 unspecified atom stereocenters. The summed E-state index contributed by atoms with van der Waals surface area (Å²) in [7, 11) is 0. The normalized spacial score (nSPS) is 16.5. The minimum absolute atomic E-state index is 0.00809. The van der Waals surface area contributed by atoms with Crippen LogP contribution < -0.4 is 5.32 Å². The Morgan fingerprint density at radius 1 is 0.618 bits per heavy atom. The van der Waals surface area contributed by atoms with E-state index < -0.39 is 30.4 Å². The molecule has 1 heterocycles. The van der Waals surface area contributed by atoms with Gasteiger partial charge in [0.2, 0.25) is 0 Å². The summed E-state index contributed by atoms with van der Waals surface area (Å²) in [6, 6.07) is 29.0. The number of carbonyl (C=O) groups excluding carboxylic acids is 1. The summed E-state index contributed by atoms with van der Waals surface area (Å²) in [5, 5.41) is 14.2. The number of aliphatic hydroxyl groups excluding tert-OH is 1. The fraction of sp³-hybridized carbons (Fsp3) is 0.262. The third-order valence-corrected chi connectivity index (χ3v) is 9.75. The van der Waals surface area contributed by atoms with E-state index in [0.29, 0.717) is 26.2 Å². The average Bonchev–Trinajstić information content (AvgIpc) is 3.36. The lowest BCUT2D eigenvalue weighted by Crippen LogP contribution is -2.54. The summed E-state index contributed by atoms with van der Waals surface area (Å²) < 4.78 is 25.7. The minimum Gasteiger partial charge on any atom is -0.387 e. The van der Waals surface area contributed by atoms with Gasteiger partial charge in [-0.1, -0.05) is 123 Å². The van der Waals surface area contributed by atoms with Crippen molar-refractivity contribution in [1.29, 1.82) is 0 Å². The quantitative estimate of drug-likeness (QED) is 0.138. The Morgan fingerprint density at radius 3 is 1.57 bits per heavy atom. The van der Waals surface area contributed by atoms with Gasteiger partial charge in [0.1, 0.15) is 6.10 Å². The molecule has 1 fully saturated rings. The molecule has 0 bridgehead atoms. The van der Waals surface area contributed by atoms with Crippen molar-refractivity contribution in [2.75, 3.05) is 13.2 Å². The van der Waals surface area contributed by atoms with Crippen LogP contribution in [-0.4, -0.2) is 54.9 Å². The Hall–Kier alpha value is -8.61. The molecule has 1 amide bonds. The van der Waals surface area contributed by atoms with Gasteiger partial charge >= 0.3 is 0 Å². The van der Waals surface area contributed by atoms with Gasteiger partial charge in [0.05, 0.1) is 44.7 Å². The van der Waals surface area contributed by atoms with Gasteiger partial charge in [0, 0.05) is 41.4 Å². The number of aryl methyl sites for hydroxylation is 1. The van der Waals surface area contributed by atoms with Gasteiger partial charge in [0.25, 0.3) is 5.91 Å². The number of benzene rings is 3. The molecular weight excluding hydrogens is 843 g/mol. The maximum absolute atomic E-state index is 13.1. The summed E-state index contributed by atoms with van der Waals surface area (Å²) in [6.07, 6.45) is 2.28. The Morgan fingerprint density at radius 2 is 1.07 bits per heavy atom. The molecule has 3 aromatic carbocycles. The average molecular weight is 890 g/mol. The van der Waals surface area contributed by atoms with Crippen LogP contribution in [0.2, 0.25) is 0 Å². The molecule has 68 heavy (non-hydrogen) atoms. The number of ether oxygens (including phenoxy) is 4. The van der Waals surface area contributed by atoms with Crippen molar-refractivity contribution in [2.45, 2.75) is 77.5 Å². The predicted molar refractivity (Wildman–Crippen MR) is 265 cm³/mol. The second-order valence-corrected chi connectivity index (χ2v) is 14.5. The van der Waals surface area contributed by atoms with Crippen LogP contribution in [0.25, 0.3) is 0 Å². The molecule has 0 saturated carbocycles. The zero-order valence-corrected chi connectivity index (χ0v) is 38.1. The second-order valence-electron chi connectivity index (χ2n) is 14.5. The van der Waals surface area contributed by atoms with E-state index >= 15 is 0 Å². The number of nitrogens with one attached hydrogen (secondary N) is 1. The standard InChI is InChI=1S/C61H47NO6/c1-4-5-6-7-8-9-10-11-12-13-14-15-16-17-18-19-20-21-22-23-24-25-35-46-59(64)62-56(57(63)45-37-36-40-53-38-29-26-30-39-53)49-67-61-60(66-48-55-43-33-28-34-44-55)52(3)51(2)58(68-61)50-65-47-54-41-31-27-32-42-54/h26-34,37-39,41-45,51-52,56-58,60-61,63H,36,40,47-50H2,1-3H3,(H,62,64)/b45-37+/t51-,52+,56+,57-,58?,60?,61+/m1/s1. The first kappa shape index (κ1) is 52.0. The molecule has 1 saturated heterocycles. The van der Waals surface area contributed by atoms with Crippen LogP contribution in [-0.2, 0) is 43.4 Å². The van der Waals surface area contributed by atoms with Gasteiger partial charge in [-0.2, -0.15) is 0 Å². The van der Waals surface area contributed by atoms with E-state index in [0.717, 1.165) is 17.5 Å². The maximum Gasteiger partial charge on any atom is 0.297 e. The molecule has 1 aliphatic heterocycles. The Kier molecular flexibility index (Phi) is 25.2. The van der Waals surface area contributed by atoms with E-state index in [2.05, 4.69) is 173 Å². The molecule has 332 valence electrons. The van der Waals surface area contributed by atoms with Gasteiger partial charge in [-0.25, -0.2) is 0 Å². The number of hydrogen-bond donors (Lipinski definition) is 2. The van der Waals surface area contributed by atoms with Crippen molar-refractivity contribution in [3.63, 3.8) is 0 Å². The highest BCUT2D eigenvalue weighted by Gasteiger charge is 2.43. The van der Waals surface area contributed by atoms with Gasteiger partial charge in [-0.3, -0.25) is 4.79 Å². The van der Waals surface area contributed by atoms with Crippen LogP contribution in [0.1, 0.15) is 43.9 Å². The first-order valence-corrected chi connectivity index (χ1v) is 21.6. The monoisotopic (exact) mass is 889 g/mol. The Balaban J connectivity index is 1.39. The fourth-order valence-electron chi connectivity index (χ4n) is 6.12. The van der Waals surface area contributed by atoms with Gasteiger partial charge in [0.15, 0.2) is 6.29 Å². The number of carbonyl (C=O) groups is 1. The molecule has 0 aliphatic carbocycles. The van der Waals surface area contributed by atoms with Crippen molar-refractivity contribution in [1.82, 2.24) is 5.32 Å². The summed E-state index contributed by atoms with van der Waals surface area (Å²) in [4.78, 5) is 13.1. The minimum atomic E-state index is -1.12. The molecule has 7 atom stereocenters. The number of allylic oxidation sites excluding steroid dienone is 1. The van der Waals surface area contributed by atoms with Crippen molar-refractivity contribution in [3.8, 4) is 142 Å². The van der Waals surface area contributed by atoms with Crippen molar-refractivity contribution in [2.24, 2.45) is 11.8 Å². The van der Waals surface area contributed by atoms with Crippen LogP contribution >= 0.6 is 0 Å². The SMILES string of the molecule is CC#CC#CC#CC#CC#CC#CC#CC#CC#CC#CC#CC#CC(=O)N[C@@H](CO[C@H]1OC(COCc2ccccc2)[C@H](C)[C@H](C)C1OCc1ccccc1)[C@H](O)/C=C/CCc1ccccc1. The Labute approximate surface area is 402 Å². The zero-order valence-electron chi connectivity index (χ0n) is 38.1. The second kappa shape index (κ2) is 33.0. The predicted octanol–water partition coefficient (Wildman–Crippen LogP) is 5.90. The molecule has 0 aromatic heterocycles. The van der Waals surface area contributed by atoms with Gasteiger partial charge < -0.3 is 29.4 Å². The van der Waals surface area contributed by atoms with Gasteiger partial charge in [-0.05, 0) is 143 Å². The number of rotatable bonds is 16. The van der Waals surface area contributed by atoms with Crippen molar-refractivity contribution >= 4 is 5.91 Å². The summed E-state index contributed by atoms with van der Waals surface area (Å²) in [5.41, 5.74) is 3.24. The smallest absolute Gasteiger partial charge is 0.297 e. The molecule has 0 spiro atoms.